The molecule has 1 amide bonds. The highest BCUT2D eigenvalue weighted by atomic mass is 19.1. The fraction of sp³-hybridized carbons (Fsp3) is 0.231. The first-order valence-corrected chi connectivity index (χ1v) is 5.92. The van der Waals surface area contributed by atoms with Crippen molar-refractivity contribution in [2.45, 2.75) is 13.8 Å². The highest BCUT2D eigenvalue weighted by molar-refractivity contribution is 5.98. The third-order valence-corrected chi connectivity index (χ3v) is 2.20. The first kappa shape index (κ1) is 14.7. The van der Waals surface area contributed by atoms with E-state index < -0.39 is 5.91 Å². The van der Waals surface area contributed by atoms with Crippen LogP contribution in [-0.4, -0.2) is 15.7 Å². The molecule has 102 valence electrons. The van der Waals surface area contributed by atoms with Crippen LogP contribution in [0.4, 0.5) is 15.9 Å². The maximum Gasteiger partial charge on any atom is 0.254 e. The molecule has 1 aromatic heterocycles. The average Bonchev–Trinajstić information content (AvgIpc) is 2.76. The normalized spacial score (nSPS) is 9.47. The summed E-state index contributed by atoms with van der Waals surface area (Å²) in [6, 6.07) is 5.73. The van der Waals surface area contributed by atoms with E-state index in [2.05, 4.69) is 10.4 Å². The Kier molecular flexibility index (Phi) is 5.05. The molecular weight excluding hydrogens is 247 g/mol. The molecule has 0 saturated heterocycles. The number of carbonyl (C=O) groups excluding carboxylic acids is 1. The van der Waals surface area contributed by atoms with Gasteiger partial charge >= 0.3 is 0 Å². The van der Waals surface area contributed by atoms with Gasteiger partial charge in [0, 0.05) is 18.9 Å². The van der Waals surface area contributed by atoms with Crippen molar-refractivity contribution in [3.8, 4) is 0 Å². The van der Waals surface area contributed by atoms with E-state index >= 15 is 0 Å². The van der Waals surface area contributed by atoms with E-state index in [4.69, 9.17) is 5.73 Å². The lowest BCUT2D eigenvalue weighted by atomic mass is 10.3. The molecule has 3 N–H and O–H groups in total. The summed E-state index contributed by atoms with van der Waals surface area (Å²) in [5, 5.41) is 6.96. The Hall–Kier alpha value is -2.37. The number of aryl methyl sites for hydroxylation is 1. The van der Waals surface area contributed by atoms with Crippen molar-refractivity contribution < 1.29 is 9.18 Å². The van der Waals surface area contributed by atoms with Crippen LogP contribution in [0.2, 0.25) is 0 Å². The highest BCUT2D eigenvalue weighted by Crippen LogP contribution is 2.18. The summed E-state index contributed by atoms with van der Waals surface area (Å²) in [5.41, 5.74) is 6.13. The Labute approximate surface area is 111 Å². The van der Waals surface area contributed by atoms with E-state index in [9.17, 15) is 9.18 Å². The van der Waals surface area contributed by atoms with Gasteiger partial charge in [0.1, 0.15) is 11.4 Å². The minimum Gasteiger partial charge on any atom is -0.365 e. The van der Waals surface area contributed by atoms with Crippen LogP contribution in [0, 0.1) is 5.82 Å². The van der Waals surface area contributed by atoms with Crippen molar-refractivity contribution in [1.82, 2.24) is 9.78 Å². The first-order chi connectivity index (χ1) is 9.06. The summed E-state index contributed by atoms with van der Waals surface area (Å²) in [7, 11) is 1.68. The molecule has 6 heteroatoms. The van der Waals surface area contributed by atoms with Crippen LogP contribution >= 0.6 is 0 Å². The summed E-state index contributed by atoms with van der Waals surface area (Å²) in [4.78, 5) is 11.1. The molecule has 0 atom stereocenters. The van der Waals surface area contributed by atoms with E-state index in [1.807, 2.05) is 13.8 Å². The maximum absolute atomic E-state index is 12.7. The number of nitrogens with zero attached hydrogens (tertiary/aromatic N) is 2. The molecule has 0 saturated carbocycles. The van der Waals surface area contributed by atoms with Gasteiger partial charge in [-0.05, 0) is 24.3 Å². The summed E-state index contributed by atoms with van der Waals surface area (Å²) >= 11 is 0. The molecule has 2 rings (SSSR count). The van der Waals surface area contributed by atoms with Crippen molar-refractivity contribution in [3.05, 3.63) is 41.8 Å². The molecule has 0 aliphatic rings. The predicted molar refractivity (Wildman–Crippen MR) is 72.8 cm³/mol. The second kappa shape index (κ2) is 6.53. The molecule has 1 aromatic carbocycles. The Bertz CT molecular complexity index is 548. The van der Waals surface area contributed by atoms with Gasteiger partial charge < -0.3 is 11.1 Å². The lowest BCUT2D eigenvalue weighted by Gasteiger charge is -2.03. The first-order valence-electron chi connectivity index (χ1n) is 5.92. The van der Waals surface area contributed by atoms with E-state index in [0.717, 1.165) is 0 Å². The van der Waals surface area contributed by atoms with Gasteiger partial charge in [-0.2, -0.15) is 5.10 Å². The van der Waals surface area contributed by atoms with E-state index in [1.54, 1.807) is 19.2 Å². The Morgan fingerprint density at radius 1 is 1.32 bits per heavy atom. The Balaban J connectivity index is 0.000000861. The fourth-order valence-electron chi connectivity index (χ4n) is 1.43. The topological polar surface area (TPSA) is 72.9 Å². The van der Waals surface area contributed by atoms with E-state index in [1.165, 1.54) is 23.0 Å². The van der Waals surface area contributed by atoms with Gasteiger partial charge in [0.15, 0.2) is 5.82 Å². The Morgan fingerprint density at radius 3 is 2.42 bits per heavy atom. The van der Waals surface area contributed by atoms with Crippen LogP contribution in [0.3, 0.4) is 0 Å². The van der Waals surface area contributed by atoms with Crippen molar-refractivity contribution in [1.29, 1.82) is 0 Å². The number of nitrogens with two attached hydrogens (primary N) is 1. The fourth-order valence-corrected chi connectivity index (χ4v) is 1.43. The number of hydrogen-bond acceptors (Lipinski definition) is 3. The summed E-state index contributed by atoms with van der Waals surface area (Å²) in [6.45, 7) is 4.00. The molecule has 0 unspecified atom stereocenters. The van der Waals surface area contributed by atoms with Gasteiger partial charge in [0.05, 0.1) is 0 Å². The third-order valence-electron chi connectivity index (χ3n) is 2.20. The van der Waals surface area contributed by atoms with Gasteiger partial charge in [-0.15, -0.1) is 0 Å². The Morgan fingerprint density at radius 2 is 1.89 bits per heavy atom. The number of hydrogen-bond donors (Lipinski definition) is 2. The van der Waals surface area contributed by atoms with Gasteiger partial charge in [-0.25, -0.2) is 4.39 Å². The molecule has 0 radical (unpaired) electrons. The van der Waals surface area contributed by atoms with Gasteiger partial charge in [0.25, 0.3) is 5.91 Å². The van der Waals surface area contributed by atoms with Crippen molar-refractivity contribution in [2.75, 3.05) is 5.32 Å². The zero-order valence-corrected chi connectivity index (χ0v) is 11.1. The molecule has 19 heavy (non-hydrogen) atoms. The number of halogens is 1. The van der Waals surface area contributed by atoms with E-state index in [0.29, 0.717) is 11.5 Å². The average molecular weight is 264 g/mol. The van der Waals surface area contributed by atoms with Crippen LogP contribution in [0.5, 0.6) is 0 Å². The predicted octanol–water partition coefficient (Wildman–Crippen LogP) is 2.43. The second-order valence-corrected chi connectivity index (χ2v) is 3.56. The highest BCUT2D eigenvalue weighted by Gasteiger charge is 2.12. The number of nitrogens with one attached hydrogen (secondary N) is 1. The summed E-state index contributed by atoms with van der Waals surface area (Å²) in [5.74, 6) is -0.541. The third kappa shape index (κ3) is 3.80. The number of rotatable bonds is 3. The number of aromatic nitrogens is 2. The zero-order valence-electron chi connectivity index (χ0n) is 11.1. The molecule has 0 bridgehead atoms. The zero-order chi connectivity index (χ0) is 14.4. The van der Waals surface area contributed by atoms with Crippen LogP contribution in [-0.2, 0) is 7.05 Å². The van der Waals surface area contributed by atoms with Crippen LogP contribution in [0.1, 0.15) is 24.2 Å². The molecule has 0 spiro atoms. The van der Waals surface area contributed by atoms with Crippen molar-refractivity contribution in [3.63, 3.8) is 0 Å². The van der Waals surface area contributed by atoms with Gasteiger partial charge in [-0.1, -0.05) is 13.8 Å². The molecule has 0 aliphatic carbocycles. The van der Waals surface area contributed by atoms with Crippen molar-refractivity contribution >= 4 is 17.4 Å². The minimum absolute atomic E-state index is 0.289. The number of carbonyl (C=O) groups is 1. The van der Waals surface area contributed by atoms with Crippen molar-refractivity contribution in [2.24, 2.45) is 12.8 Å². The molecule has 2 aromatic rings. The van der Waals surface area contributed by atoms with Gasteiger partial charge in [-0.3, -0.25) is 9.48 Å². The monoisotopic (exact) mass is 264 g/mol. The smallest absolute Gasteiger partial charge is 0.254 e. The maximum atomic E-state index is 12.7. The second-order valence-electron chi connectivity index (χ2n) is 3.56. The lowest BCUT2D eigenvalue weighted by Crippen LogP contribution is -2.12. The molecule has 5 nitrogen and oxygen atoms in total. The molecular formula is C13H17FN4O. The number of amides is 1. The van der Waals surface area contributed by atoms with Gasteiger partial charge in [0.2, 0.25) is 0 Å². The minimum atomic E-state index is -0.567. The standard InChI is InChI=1S/C11H11FN4O.C2H6/c1-16-6-9(10(13)17)11(15-16)14-8-4-2-7(12)3-5-8;1-2/h2-6H,1H3,(H2,13,17)(H,14,15);1-2H3. The van der Waals surface area contributed by atoms with Crippen LogP contribution in [0.25, 0.3) is 0 Å². The van der Waals surface area contributed by atoms with Crippen LogP contribution in [0.15, 0.2) is 30.5 Å². The molecule has 0 fully saturated rings. The van der Waals surface area contributed by atoms with Crippen LogP contribution < -0.4 is 11.1 Å². The largest absolute Gasteiger partial charge is 0.365 e. The molecule has 0 aliphatic heterocycles. The summed E-state index contributed by atoms with van der Waals surface area (Å²) < 4.78 is 14.2. The van der Waals surface area contributed by atoms with E-state index in [-0.39, 0.29) is 11.4 Å². The SMILES string of the molecule is CC.Cn1cc(C(N)=O)c(Nc2ccc(F)cc2)n1. The number of anilines is 2. The number of primary amides is 1. The lowest BCUT2D eigenvalue weighted by molar-refractivity contribution is 0.100. The molecule has 1 heterocycles. The quantitative estimate of drug-likeness (QED) is 0.894. The number of benzene rings is 1. The summed E-state index contributed by atoms with van der Waals surface area (Å²) in [6.07, 6.45) is 1.52.